The lowest BCUT2D eigenvalue weighted by atomic mass is 9.74. The van der Waals surface area contributed by atoms with Crippen molar-refractivity contribution in [1.29, 1.82) is 0 Å². The molecule has 9 atom stereocenters. The number of hydrogen-bond acceptors (Lipinski definition) is 12. The summed E-state index contributed by atoms with van der Waals surface area (Å²) in [5.74, 6) is -1.67. The molecule has 3 rings (SSSR count). The minimum Gasteiger partial charge on any atom is -0.465 e. The third kappa shape index (κ3) is 10.7. The fourth-order valence-corrected chi connectivity index (χ4v) is 7.84. The first-order valence-corrected chi connectivity index (χ1v) is 18.1. The Balaban J connectivity index is 1.89. The molecule has 284 valence electrons. The van der Waals surface area contributed by atoms with E-state index in [2.05, 4.69) is 18.9 Å². The second-order valence-electron chi connectivity index (χ2n) is 16.1. The Morgan fingerprint density at radius 2 is 1.69 bits per heavy atom. The van der Waals surface area contributed by atoms with Gasteiger partial charge in [-0.2, -0.15) is 0 Å². The standard InChI is InChI=1S/C36H66N4O9/c1-23-18-36(6,46-11)32(49-33-30(43)28(37(7)8)17-24(2)48-33)25(3)31(44)35(4,5)34(45)47-16-12-13-26(14-15-38(9)19-23)39(10)29(42)22-40-20-27(41)21-40/h23-28,30,32-33,41,43H,12-22H2,1-11H3/t23-,24-,25+,26?,28?,30-,32-,33+,36-/m1/s1. The quantitative estimate of drug-likeness (QED) is 0.295. The summed E-state index contributed by atoms with van der Waals surface area (Å²) in [6, 6.07) is -0.276. The molecule has 0 radical (unpaired) electrons. The Hall–Kier alpha value is -1.71. The highest BCUT2D eigenvalue weighted by Gasteiger charge is 2.51. The average Bonchev–Trinajstić information content (AvgIpc) is 3.01. The molecule has 0 aromatic carbocycles. The van der Waals surface area contributed by atoms with Crippen LogP contribution < -0.4 is 0 Å². The number of Topliss-reactive ketones (excluding diaryl/α,β-unsaturated/α-hetero) is 1. The van der Waals surface area contributed by atoms with Gasteiger partial charge in [-0.3, -0.25) is 19.3 Å². The number of rotatable bonds is 7. The van der Waals surface area contributed by atoms with Crippen LogP contribution in [0.3, 0.4) is 0 Å². The number of methoxy groups -OCH3 is 1. The fraction of sp³-hybridized carbons (Fsp3) is 0.917. The summed E-state index contributed by atoms with van der Waals surface area (Å²) < 4.78 is 24.7. The van der Waals surface area contributed by atoms with E-state index in [1.54, 1.807) is 32.8 Å². The van der Waals surface area contributed by atoms with Crippen LogP contribution >= 0.6 is 0 Å². The Bertz CT molecular complexity index is 1100. The Labute approximate surface area is 294 Å². The van der Waals surface area contributed by atoms with Gasteiger partial charge in [0.2, 0.25) is 5.91 Å². The van der Waals surface area contributed by atoms with Crippen LogP contribution in [0.2, 0.25) is 0 Å². The molecule has 0 bridgehead atoms. The van der Waals surface area contributed by atoms with E-state index in [0.29, 0.717) is 38.8 Å². The van der Waals surface area contributed by atoms with Gasteiger partial charge in [0.1, 0.15) is 11.5 Å². The number of likely N-dealkylation sites (N-methyl/N-ethyl adjacent to an activating group) is 2. The first kappa shape index (κ1) is 41.7. The molecule has 3 aliphatic heterocycles. The van der Waals surface area contributed by atoms with Crippen molar-refractivity contribution >= 4 is 17.7 Å². The minimum atomic E-state index is -1.48. The number of amides is 1. The van der Waals surface area contributed by atoms with Gasteiger partial charge in [-0.15, -0.1) is 0 Å². The van der Waals surface area contributed by atoms with Crippen LogP contribution in [-0.4, -0.2) is 170 Å². The SMILES string of the molecule is CO[C@]1(C)C[C@@H](C)CN(C)CCC(N(C)C(=O)CN2CC(O)C2)CCCOC(=O)C(C)(C)C(=O)[C@H](C)[C@H]1O[C@@H]1O[C@H](C)CC(N(C)C)[C@H]1O. The van der Waals surface area contributed by atoms with Crippen LogP contribution in [0.15, 0.2) is 0 Å². The van der Waals surface area contributed by atoms with Gasteiger partial charge in [-0.25, -0.2) is 0 Å². The van der Waals surface area contributed by atoms with E-state index in [0.717, 1.165) is 19.5 Å². The van der Waals surface area contributed by atoms with E-state index >= 15 is 0 Å². The van der Waals surface area contributed by atoms with Gasteiger partial charge in [0.15, 0.2) is 12.1 Å². The van der Waals surface area contributed by atoms with Crippen molar-refractivity contribution in [3.8, 4) is 0 Å². The van der Waals surface area contributed by atoms with E-state index in [1.807, 2.05) is 44.8 Å². The lowest BCUT2D eigenvalue weighted by Gasteiger charge is -2.47. The number of carbonyl (C=O) groups is 3. The number of aliphatic hydroxyl groups excluding tert-OH is 2. The number of likely N-dealkylation sites (tertiary alicyclic amines) is 1. The number of nitrogens with zero attached hydrogens (tertiary/aromatic N) is 4. The third-order valence-corrected chi connectivity index (χ3v) is 11.0. The molecule has 3 fully saturated rings. The molecule has 3 heterocycles. The molecule has 2 N–H and O–H groups in total. The Morgan fingerprint density at radius 3 is 2.29 bits per heavy atom. The first-order chi connectivity index (χ1) is 22.8. The summed E-state index contributed by atoms with van der Waals surface area (Å²) in [6.07, 6.45) is -0.315. The number of ether oxygens (including phenoxy) is 4. The Morgan fingerprint density at radius 1 is 1.04 bits per heavy atom. The number of β-amino-alcohol motifs (C(OH)–C–C–N with tert-alkyl or cyclic N) is 1. The summed E-state index contributed by atoms with van der Waals surface area (Å²) in [7, 11) is 9.31. The smallest absolute Gasteiger partial charge is 0.319 e. The van der Waals surface area contributed by atoms with Crippen LogP contribution in [0.1, 0.15) is 73.6 Å². The van der Waals surface area contributed by atoms with Crippen molar-refractivity contribution in [1.82, 2.24) is 19.6 Å². The maximum atomic E-state index is 14.3. The molecule has 13 nitrogen and oxygen atoms in total. The highest BCUT2D eigenvalue weighted by molar-refractivity contribution is 6.04. The molecule has 0 spiro atoms. The second-order valence-corrected chi connectivity index (χ2v) is 16.1. The maximum absolute atomic E-state index is 14.3. The molecule has 0 aromatic heterocycles. The largest absolute Gasteiger partial charge is 0.465 e. The third-order valence-electron chi connectivity index (χ3n) is 11.0. The highest BCUT2D eigenvalue weighted by atomic mass is 16.7. The molecule has 13 heteroatoms. The van der Waals surface area contributed by atoms with Crippen LogP contribution in [-0.2, 0) is 33.3 Å². The van der Waals surface area contributed by atoms with Crippen molar-refractivity contribution in [2.24, 2.45) is 17.3 Å². The number of aliphatic hydroxyl groups is 2. The number of ketones is 1. The minimum absolute atomic E-state index is 0.00297. The predicted octanol–water partition coefficient (Wildman–Crippen LogP) is 1.62. The number of esters is 1. The summed E-state index contributed by atoms with van der Waals surface area (Å²) >= 11 is 0. The predicted molar refractivity (Wildman–Crippen MR) is 186 cm³/mol. The zero-order valence-corrected chi connectivity index (χ0v) is 32.0. The zero-order chi connectivity index (χ0) is 36.8. The topological polar surface area (TPSA) is 142 Å². The van der Waals surface area contributed by atoms with Crippen molar-refractivity contribution in [3.63, 3.8) is 0 Å². The summed E-state index contributed by atoms with van der Waals surface area (Å²) in [5.41, 5.74) is -2.46. The molecule has 0 aromatic rings. The molecule has 1 amide bonds. The first-order valence-electron chi connectivity index (χ1n) is 18.1. The van der Waals surface area contributed by atoms with Gasteiger partial charge in [-0.1, -0.05) is 13.8 Å². The van der Waals surface area contributed by atoms with Gasteiger partial charge in [0.25, 0.3) is 0 Å². The van der Waals surface area contributed by atoms with E-state index in [-0.39, 0.29) is 55.1 Å². The summed E-state index contributed by atoms with van der Waals surface area (Å²) in [5, 5.41) is 21.0. The van der Waals surface area contributed by atoms with Crippen molar-refractivity contribution < 1.29 is 43.5 Å². The van der Waals surface area contributed by atoms with Gasteiger partial charge in [0.05, 0.1) is 37.1 Å². The lowest BCUT2D eigenvalue weighted by Crippen LogP contribution is -2.59. The van der Waals surface area contributed by atoms with Gasteiger partial charge in [-0.05, 0) is 93.4 Å². The number of carbonyl (C=O) groups excluding carboxylic acids is 3. The average molecular weight is 699 g/mol. The van der Waals surface area contributed by atoms with E-state index in [4.69, 9.17) is 18.9 Å². The van der Waals surface area contributed by atoms with E-state index < -0.39 is 41.4 Å². The van der Waals surface area contributed by atoms with Crippen molar-refractivity contribution in [2.45, 2.75) is 122 Å². The number of cyclic esters (lactones) is 1. The normalized spacial score (nSPS) is 36.9. The zero-order valence-electron chi connectivity index (χ0n) is 32.0. The van der Waals surface area contributed by atoms with Crippen molar-refractivity contribution in [3.05, 3.63) is 0 Å². The van der Waals surface area contributed by atoms with Gasteiger partial charge < -0.3 is 43.9 Å². The van der Waals surface area contributed by atoms with Crippen LogP contribution in [0.5, 0.6) is 0 Å². The van der Waals surface area contributed by atoms with E-state index in [1.165, 1.54) is 0 Å². The maximum Gasteiger partial charge on any atom is 0.319 e. The molecule has 0 aliphatic carbocycles. The fourth-order valence-electron chi connectivity index (χ4n) is 7.84. The molecule has 3 saturated heterocycles. The van der Waals surface area contributed by atoms with Crippen molar-refractivity contribution in [2.75, 3.05) is 74.6 Å². The molecular formula is C36H66N4O9. The molecule has 3 aliphatic rings. The monoisotopic (exact) mass is 698 g/mol. The molecule has 49 heavy (non-hydrogen) atoms. The van der Waals surface area contributed by atoms with Crippen LogP contribution in [0, 0.1) is 17.3 Å². The van der Waals surface area contributed by atoms with Gasteiger partial charge >= 0.3 is 5.97 Å². The number of hydrogen-bond donors (Lipinski definition) is 2. The highest BCUT2D eigenvalue weighted by Crippen LogP contribution is 2.38. The molecular weight excluding hydrogens is 632 g/mol. The lowest BCUT2D eigenvalue weighted by molar-refractivity contribution is -0.295. The Kier molecular flexibility index (Phi) is 15.0. The van der Waals surface area contributed by atoms with E-state index in [9.17, 15) is 24.6 Å². The van der Waals surface area contributed by atoms with Crippen LogP contribution in [0.4, 0.5) is 0 Å². The summed E-state index contributed by atoms with van der Waals surface area (Å²) in [4.78, 5) is 48.9. The summed E-state index contributed by atoms with van der Waals surface area (Å²) in [6.45, 7) is 13.8. The molecule has 0 saturated carbocycles. The van der Waals surface area contributed by atoms with Crippen LogP contribution in [0.25, 0.3) is 0 Å². The molecule has 2 unspecified atom stereocenters. The van der Waals surface area contributed by atoms with Gasteiger partial charge in [0, 0.05) is 51.8 Å². The second kappa shape index (κ2) is 17.7.